The minimum Gasteiger partial charge on any atom is -0.481 e. The molecule has 0 aliphatic rings. The number of aromatic nitrogens is 2. The molecule has 0 fully saturated rings. The van der Waals surface area contributed by atoms with Crippen molar-refractivity contribution in [2.45, 2.75) is 6.92 Å². The first-order chi connectivity index (χ1) is 8.58. The molecule has 5 nitrogen and oxygen atoms in total. The van der Waals surface area contributed by atoms with Crippen molar-refractivity contribution in [1.82, 2.24) is 9.97 Å². The predicted octanol–water partition coefficient (Wildman–Crippen LogP) is 2.26. The van der Waals surface area contributed by atoms with Gasteiger partial charge in [-0.1, -0.05) is 6.07 Å². The lowest BCUT2D eigenvalue weighted by Gasteiger charge is -2.08. The van der Waals surface area contributed by atoms with Crippen molar-refractivity contribution in [3.05, 3.63) is 35.6 Å². The molecule has 6 heteroatoms. The highest BCUT2D eigenvalue weighted by Crippen LogP contribution is 2.20. The molecule has 0 saturated heterocycles. The van der Waals surface area contributed by atoms with E-state index in [0.29, 0.717) is 22.9 Å². The van der Waals surface area contributed by atoms with Gasteiger partial charge in [-0.25, -0.2) is 4.39 Å². The van der Waals surface area contributed by atoms with Crippen LogP contribution in [0.5, 0.6) is 5.88 Å². The Kier molecular flexibility index (Phi) is 3.27. The molecule has 0 aliphatic heterocycles. The summed E-state index contributed by atoms with van der Waals surface area (Å²) in [7, 11) is 1.48. The minimum absolute atomic E-state index is 0.0874. The number of aryl methyl sites for hydroxylation is 1. The normalized spacial score (nSPS) is 10.2. The second-order valence-electron chi connectivity index (χ2n) is 3.74. The molecule has 0 bridgehead atoms. The molecule has 0 radical (unpaired) electrons. The quantitative estimate of drug-likeness (QED) is 0.871. The van der Waals surface area contributed by atoms with Crippen molar-refractivity contribution in [2.75, 3.05) is 18.2 Å². The van der Waals surface area contributed by atoms with Gasteiger partial charge >= 0.3 is 0 Å². The molecular weight excluding hydrogens is 235 g/mol. The highest BCUT2D eigenvalue weighted by atomic mass is 19.1. The number of ether oxygens (including phenoxy) is 1. The van der Waals surface area contributed by atoms with Gasteiger partial charge in [0, 0.05) is 11.8 Å². The van der Waals surface area contributed by atoms with E-state index in [1.165, 1.54) is 13.2 Å². The topological polar surface area (TPSA) is 73.1 Å². The minimum atomic E-state index is -0.283. The Hall–Kier alpha value is -2.37. The number of benzene rings is 1. The van der Waals surface area contributed by atoms with Crippen LogP contribution in [0.3, 0.4) is 0 Å². The van der Waals surface area contributed by atoms with Crippen LogP contribution in [0.4, 0.5) is 21.8 Å². The van der Waals surface area contributed by atoms with Gasteiger partial charge < -0.3 is 15.8 Å². The van der Waals surface area contributed by atoms with E-state index >= 15 is 0 Å². The fraction of sp³-hybridized carbons (Fsp3) is 0.167. The molecule has 3 N–H and O–H groups in total. The largest absolute Gasteiger partial charge is 0.481 e. The van der Waals surface area contributed by atoms with Crippen LogP contribution in [-0.4, -0.2) is 17.1 Å². The second-order valence-corrected chi connectivity index (χ2v) is 3.74. The Balaban J connectivity index is 2.27. The lowest BCUT2D eigenvalue weighted by Crippen LogP contribution is -2.02. The highest BCUT2D eigenvalue weighted by molar-refractivity contribution is 5.58. The summed E-state index contributed by atoms with van der Waals surface area (Å²) in [6.45, 7) is 1.70. The summed E-state index contributed by atoms with van der Waals surface area (Å²) in [5, 5.41) is 2.94. The van der Waals surface area contributed by atoms with Crippen molar-refractivity contribution in [3.8, 4) is 5.88 Å². The van der Waals surface area contributed by atoms with Crippen LogP contribution in [0, 0.1) is 12.7 Å². The summed E-state index contributed by atoms with van der Waals surface area (Å²) in [6, 6.07) is 6.40. The maximum Gasteiger partial charge on any atom is 0.225 e. The maximum atomic E-state index is 13.4. The zero-order chi connectivity index (χ0) is 13.1. The van der Waals surface area contributed by atoms with Gasteiger partial charge in [0.25, 0.3) is 0 Å². The van der Waals surface area contributed by atoms with Gasteiger partial charge in [-0.15, -0.1) is 0 Å². The van der Waals surface area contributed by atoms with Crippen LogP contribution in [0.15, 0.2) is 24.3 Å². The van der Waals surface area contributed by atoms with E-state index in [4.69, 9.17) is 10.5 Å². The Morgan fingerprint density at radius 2 is 2.06 bits per heavy atom. The highest BCUT2D eigenvalue weighted by Gasteiger charge is 2.04. The average molecular weight is 248 g/mol. The van der Waals surface area contributed by atoms with Crippen LogP contribution in [0.25, 0.3) is 0 Å². The van der Waals surface area contributed by atoms with E-state index in [9.17, 15) is 4.39 Å². The van der Waals surface area contributed by atoms with Crippen LogP contribution < -0.4 is 15.8 Å². The summed E-state index contributed by atoms with van der Waals surface area (Å²) in [4.78, 5) is 7.84. The molecule has 1 aromatic heterocycles. The van der Waals surface area contributed by atoms with E-state index in [1.54, 1.807) is 25.1 Å². The Bertz CT molecular complexity index is 574. The molecule has 1 heterocycles. The maximum absolute atomic E-state index is 13.4. The van der Waals surface area contributed by atoms with Crippen molar-refractivity contribution in [1.29, 1.82) is 0 Å². The molecule has 1 aromatic carbocycles. The Labute approximate surface area is 104 Å². The Morgan fingerprint density at radius 1 is 1.28 bits per heavy atom. The van der Waals surface area contributed by atoms with Crippen molar-refractivity contribution in [2.24, 2.45) is 0 Å². The first-order valence-corrected chi connectivity index (χ1v) is 5.30. The summed E-state index contributed by atoms with van der Waals surface area (Å²) < 4.78 is 18.4. The number of nitrogens with two attached hydrogens (primary N) is 1. The fourth-order valence-electron chi connectivity index (χ4n) is 1.43. The number of rotatable bonds is 3. The van der Waals surface area contributed by atoms with Crippen molar-refractivity contribution in [3.63, 3.8) is 0 Å². The van der Waals surface area contributed by atoms with Gasteiger partial charge in [0.05, 0.1) is 7.11 Å². The summed E-state index contributed by atoms with van der Waals surface area (Å²) in [5.74, 6) is 0.596. The molecule has 0 spiro atoms. The van der Waals surface area contributed by atoms with Crippen molar-refractivity contribution < 1.29 is 9.13 Å². The van der Waals surface area contributed by atoms with E-state index in [-0.39, 0.29) is 11.8 Å². The van der Waals surface area contributed by atoms with Crippen molar-refractivity contribution >= 4 is 17.5 Å². The Morgan fingerprint density at radius 3 is 2.72 bits per heavy atom. The molecule has 18 heavy (non-hydrogen) atoms. The molecule has 2 aromatic rings. The lowest BCUT2D eigenvalue weighted by atomic mass is 10.2. The second kappa shape index (κ2) is 4.87. The first-order valence-electron chi connectivity index (χ1n) is 5.30. The van der Waals surface area contributed by atoms with E-state index in [0.717, 1.165) is 0 Å². The molecule has 0 atom stereocenters. The molecule has 0 unspecified atom stereocenters. The zero-order valence-corrected chi connectivity index (χ0v) is 10.1. The van der Waals surface area contributed by atoms with Crippen LogP contribution in [-0.2, 0) is 0 Å². The molecular formula is C12H13FN4O. The lowest BCUT2D eigenvalue weighted by molar-refractivity contribution is 0.398. The smallest absolute Gasteiger partial charge is 0.225 e. The number of nitrogen functional groups attached to an aromatic ring is 1. The number of nitrogens with one attached hydrogen (secondary N) is 1. The number of hydrogen-bond acceptors (Lipinski definition) is 5. The van der Waals surface area contributed by atoms with Gasteiger partial charge in [-0.3, -0.25) is 0 Å². The third-order valence-corrected chi connectivity index (χ3v) is 2.37. The fourth-order valence-corrected chi connectivity index (χ4v) is 1.43. The van der Waals surface area contributed by atoms with Gasteiger partial charge in [-0.05, 0) is 24.6 Å². The number of anilines is 3. The van der Waals surface area contributed by atoms with Crippen LogP contribution in [0.2, 0.25) is 0 Å². The van der Waals surface area contributed by atoms with E-state index < -0.39 is 0 Å². The molecule has 0 amide bonds. The third kappa shape index (κ3) is 2.65. The number of hydrogen-bond donors (Lipinski definition) is 2. The molecule has 0 aliphatic carbocycles. The van der Waals surface area contributed by atoms with Gasteiger partial charge in [-0.2, -0.15) is 9.97 Å². The molecule has 2 rings (SSSR count). The average Bonchev–Trinajstić information content (AvgIpc) is 2.33. The monoisotopic (exact) mass is 248 g/mol. The van der Waals surface area contributed by atoms with E-state index in [2.05, 4.69) is 15.3 Å². The third-order valence-electron chi connectivity index (χ3n) is 2.37. The van der Waals surface area contributed by atoms with Gasteiger partial charge in [0.15, 0.2) is 0 Å². The summed E-state index contributed by atoms with van der Waals surface area (Å²) in [5.41, 5.74) is 6.69. The van der Waals surface area contributed by atoms with Gasteiger partial charge in [0.1, 0.15) is 11.6 Å². The SMILES string of the molecule is COc1cc(Nc2ccc(C)c(F)c2)nc(N)n1. The van der Waals surface area contributed by atoms with Crippen LogP contribution >= 0.6 is 0 Å². The first kappa shape index (κ1) is 12.1. The van der Waals surface area contributed by atoms with E-state index in [1.807, 2.05) is 0 Å². The van der Waals surface area contributed by atoms with Gasteiger partial charge in [0.2, 0.25) is 11.8 Å². The number of methoxy groups -OCH3 is 1. The number of nitrogens with zero attached hydrogens (tertiary/aromatic N) is 2. The summed E-state index contributed by atoms with van der Waals surface area (Å²) in [6.07, 6.45) is 0. The molecule has 94 valence electrons. The van der Waals surface area contributed by atoms with Crippen LogP contribution in [0.1, 0.15) is 5.56 Å². The standard InChI is InChI=1S/C12H13FN4O/c1-7-3-4-8(5-9(7)13)15-10-6-11(18-2)17-12(14)16-10/h3-6H,1-2H3,(H3,14,15,16,17). The zero-order valence-electron chi connectivity index (χ0n) is 10.1. The number of halogens is 1. The summed E-state index contributed by atoms with van der Waals surface area (Å²) >= 11 is 0. The predicted molar refractivity (Wildman–Crippen MR) is 67.4 cm³/mol. The molecule has 0 saturated carbocycles.